The summed E-state index contributed by atoms with van der Waals surface area (Å²) in [7, 11) is 3.82. The van der Waals surface area contributed by atoms with E-state index in [1.165, 1.54) is 24.8 Å². The van der Waals surface area contributed by atoms with Crippen molar-refractivity contribution in [3.05, 3.63) is 23.8 Å². The molecule has 1 N–H and O–H groups in total. The molecular formula is C23H38N2O5. The number of hydrogen-bond acceptors (Lipinski definition) is 7. The minimum Gasteiger partial charge on any atom is -0.493 e. The largest absolute Gasteiger partial charge is 0.493 e. The van der Waals surface area contributed by atoms with Crippen molar-refractivity contribution in [3.8, 4) is 11.5 Å². The Hall–Kier alpha value is -1.38. The van der Waals surface area contributed by atoms with Crippen LogP contribution in [0.15, 0.2) is 18.2 Å². The first kappa shape index (κ1) is 23.3. The summed E-state index contributed by atoms with van der Waals surface area (Å²) in [6.45, 7) is 7.80. The molecule has 7 nitrogen and oxygen atoms in total. The van der Waals surface area contributed by atoms with Gasteiger partial charge < -0.3 is 29.0 Å². The smallest absolute Gasteiger partial charge is 0.161 e. The summed E-state index contributed by atoms with van der Waals surface area (Å²) in [6.07, 6.45) is 3.05. The summed E-state index contributed by atoms with van der Waals surface area (Å²) < 4.78 is 22.2. The van der Waals surface area contributed by atoms with Crippen LogP contribution in [0.25, 0.3) is 0 Å². The fourth-order valence-corrected chi connectivity index (χ4v) is 4.08. The molecular weight excluding hydrogens is 384 g/mol. The lowest BCUT2D eigenvalue weighted by molar-refractivity contribution is 0.00445. The van der Waals surface area contributed by atoms with Crippen LogP contribution in [0.3, 0.4) is 0 Å². The van der Waals surface area contributed by atoms with Crippen molar-refractivity contribution in [1.82, 2.24) is 9.80 Å². The quantitative estimate of drug-likeness (QED) is 0.585. The minimum absolute atomic E-state index is 0.248. The Bertz CT molecular complexity index is 618. The molecule has 0 bridgehead atoms. The van der Waals surface area contributed by atoms with Crippen LogP contribution in [0.5, 0.6) is 11.5 Å². The third kappa shape index (κ3) is 7.71. The van der Waals surface area contributed by atoms with Gasteiger partial charge in [0.25, 0.3) is 0 Å². The van der Waals surface area contributed by atoms with Gasteiger partial charge >= 0.3 is 0 Å². The van der Waals surface area contributed by atoms with Crippen molar-refractivity contribution in [2.75, 3.05) is 73.4 Å². The van der Waals surface area contributed by atoms with Crippen molar-refractivity contribution >= 4 is 0 Å². The van der Waals surface area contributed by atoms with E-state index >= 15 is 0 Å². The van der Waals surface area contributed by atoms with E-state index in [0.717, 1.165) is 58.5 Å². The first-order valence-corrected chi connectivity index (χ1v) is 11.2. The Kier molecular flexibility index (Phi) is 9.68. The standard InChI is InChI=1S/C23H38N2O5/c1-24(8-5-19-6-11-28-12-7-19)16-20-3-4-22(23(15-20)27-2)30-18-21(26)17-25-9-13-29-14-10-25/h3-4,15,19,21,26H,5-14,16-18H2,1-2H3. The number of aliphatic hydroxyl groups is 1. The Balaban J connectivity index is 1.43. The summed E-state index contributed by atoms with van der Waals surface area (Å²) in [4.78, 5) is 4.56. The summed E-state index contributed by atoms with van der Waals surface area (Å²) in [5.41, 5.74) is 1.20. The molecule has 2 saturated heterocycles. The highest BCUT2D eigenvalue weighted by Crippen LogP contribution is 2.29. The number of nitrogens with zero attached hydrogens (tertiary/aromatic N) is 2. The van der Waals surface area contributed by atoms with Crippen LogP contribution in [0.1, 0.15) is 24.8 Å². The van der Waals surface area contributed by atoms with Gasteiger partial charge in [0.15, 0.2) is 11.5 Å². The highest BCUT2D eigenvalue weighted by molar-refractivity contribution is 5.43. The second-order valence-electron chi connectivity index (χ2n) is 8.45. The molecule has 0 radical (unpaired) electrons. The van der Waals surface area contributed by atoms with Gasteiger partial charge in [-0.2, -0.15) is 0 Å². The molecule has 3 rings (SSSR count). The SMILES string of the molecule is COc1cc(CN(C)CCC2CCOCC2)ccc1OCC(O)CN1CCOCC1. The van der Waals surface area contributed by atoms with Gasteiger partial charge in [-0.25, -0.2) is 0 Å². The molecule has 7 heteroatoms. The van der Waals surface area contributed by atoms with Gasteiger partial charge in [-0.1, -0.05) is 6.07 Å². The fourth-order valence-electron chi connectivity index (χ4n) is 4.08. The lowest BCUT2D eigenvalue weighted by Gasteiger charge is -2.28. The Morgan fingerprint density at radius 1 is 1.13 bits per heavy atom. The molecule has 1 unspecified atom stereocenters. The Labute approximate surface area is 180 Å². The van der Waals surface area contributed by atoms with E-state index in [1.807, 2.05) is 12.1 Å². The molecule has 1 atom stereocenters. The third-order valence-corrected chi connectivity index (χ3v) is 5.94. The van der Waals surface area contributed by atoms with E-state index in [2.05, 4.69) is 22.9 Å². The van der Waals surface area contributed by atoms with Gasteiger partial charge in [-0.05, 0) is 56.5 Å². The molecule has 30 heavy (non-hydrogen) atoms. The molecule has 0 aliphatic carbocycles. The van der Waals surface area contributed by atoms with Crippen LogP contribution < -0.4 is 9.47 Å². The molecule has 0 aromatic heterocycles. The lowest BCUT2D eigenvalue weighted by atomic mass is 9.96. The zero-order valence-electron chi connectivity index (χ0n) is 18.6. The average Bonchev–Trinajstić information content (AvgIpc) is 2.78. The third-order valence-electron chi connectivity index (χ3n) is 5.94. The number of methoxy groups -OCH3 is 1. The number of aliphatic hydroxyl groups excluding tert-OH is 1. The first-order valence-electron chi connectivity index (χ1n) is 11.2. The number of ether oxygens (including phenoxy) is 4. The monoisotopic (exact) mass is 422 g/mol. The minimum atomic E-state index is -0.538. The Morgan fingerprint density at radius 2 is 1.87 bits per heavy atom. The van der Waals surface area contributed by atoms with Crippen LogP contribution >= 0.6 is 0 Å². The topological polar surface area (TPSA) is 63.6 Å². The molecule has 2 fully saturated rings. The van der Waals surface area contributed by atoms with Crippen molar-refractivity contribution in [2.45, 2.75) is 31.9 Å². The van der Waals surface area contributed by atoms with Crippen molar-refractivity contribution in [3.63, 3.8) is 0 Å². The molecule has 170 valence electrons. The second kappa shape index (κ2) is 12.5. The van der Waals surface area contributed by atoms with Crippen molar-refractivity contribution in [2.24, 2.45) is 5.92 Å². The number of benzene rings is 1. The van der Waals surface area contributed by atoms with Crippen LogP contribution in [0.2, 0.25) is 0 Å². The number of β-amino-alcohol motifs (C(OH)–C–C–N with tert-alkyl or cyclic N) is 1. The van der Waals surface area contributed by atoms with Gasteiger partial charge in [-0.3, -0.25) is 4.90 Å². The zero-order valence-corrected chi connectivity index (χ0v) is 18.6. The maximum atomic E-state index is 10.3. The summed E-state index contributed by atoms with van der Waals surface area (Å²) in [5.74, 6) is 2.17. The Morgan fingerprint density at radius 3 is 2.60 bits per heavy atom. The lowest BCUT2D eigenvalue weighted by Crippen LogP contribution is -2.42. The van der Waals surface area contributed by atoms with E-state index in [1.54, 1.807) is 7.11 Å². The van der Waals surface area contributed by atoms with Crippen LogP contribution in [-0.4, -0.2) is 94.4 Å². The zero-order chi connectivity index (χ0) is 21.2. The van der Waals surface area contributed by atoms with Gasteiger partial charge in [0.05, 0.1) is 20.3 Å². The van der Waals surface area contributed by atoms with Crippen LogP contribution in [0, 0.1) is 5.92 Å². The molecule has 2 heterocycles. The molecule has 2 aliphatic heterocycles. The van der Waals surface area contributed by atoms with E-state index in [9.17, 15) is 5.11 Å². The predicted molar refractivity (Wildman–Crippen MR) is 116 cm³/mol. The van der Waals surface area contributed by atoms with E-state index in [4.69, 9.17) is 18.9 Å². The molecule has 1 aromatic rings. The van der Waals surface area contributed by atoms with Gasteiger partial charge in [0, 0.05) is 39.4 Å². The summed E-state index contributed by atoms with van der Waals surface area (Å²) >= 11 is 0. The second-order valence-corrected chi connectivity index (χ2v) is 8.45. The van der Waals surface area contributed by atoms with Crippen LogP contribution in [-0.2, 0) is 16.0 Å². The highest BCUT2D eigenvalue weighted by atomic mass is 16.5. The van der Waals surface area contributed by atoms with Gasteiger partial charge in [-0.15, -0.1) is 0 Å². The average molecular weight is 423 g/mol. The predicted octanol–water partition coefficient (Wildman–Crippen LogP) is 2.02. The summed E-state index contributed by atoms with van der Waals surface area (Å²) in [5, 5.41) is 10.3. The summed E-state index contributed by atoms with van der Waals surface area (Å²) in [6, 6.07) is 6.06. The highest BCUT2D eigenvalue weighted by Gasteiger charge is 2.17. The van der Waals surface area contributed by atoms with Crippen LogP contribution in [0.4, 0.5) is 0 Å². The fraction of sp³-hybridized carbons (Fsp3) is 0.739. The van der Waals surface area contributed by atoms with Gasteiger partial charge in [0.1, 0.15) is 12.7 Å². The van der Waals surface area contributed by atoms with E-state index in [-0.39, 0.29) is 6.61 Å². The number of morpholine rings is 1. The molecule has 0 saturated carbocycles. The number of hydrogen-bond donors (Lipinski definition) is 1. The molecule has 1 aromatic carbocycles. The maximum absolute atomic E-state index is 10.3. The van der Waals surface area contributed by atoms with E-state index < -0.39 is 6.10 Å². The molecule has 2 aliphatic rings. The van der Waals surface area contributed by atoms with E-state index in [0.29, 0.717) is 18.0 Å². The normalized spacial score (nSPS) is 19.7. The van der Waals surface area contributed by atoms with Crippen molar-refractivity contribution in [1.29, 1.82) is 0 Å². The first-order chi connectivity index (χ1) is 14.6. The van der Waals surface area contributed by atoms with Crippen molar-refractivity contribution < 1.29 is 24.1 Å². The molecule has 0 spiro atoms. The molecule has 0 amide bonds. The van der Waals surface area contributed by atoms with Gasteiger partial charge in [0.2, 0.25) is 0 Å². The number of rotatable bonds is 11. The maximum Gasteiger partial charge on any atom is 0.161 e.